The Morgan fingerprint density at radius 3 is 2.92 bits per heavy atom. The third kappa shape index (κ3) is 1.64. The number of benzene rings is 1. The van der Waals surface area contributed by atoms with Crippen LogP contribution in [-0.2, 0) is 16.1 Å². The van der Waals surface area contributed by atoms with E-state index in [2.05, 4.69) is 4.89 Å². The lowest BCUT2D eigenvalue weighted by atomic mass is 10.1. The summed E-state index contributed by atoms with van der Waals surface area (Å²) < 4.78 is 0. The van der Waals surface area contributed by atoms with Crippen molar-refractivity contribution in [3.8, 4) is 5.75 Å². The summed E-state index contributed by atoms with van der Waals surface area (Å²) in [5.74, 6) is 0.338. The maximum absolute atomic E-state index is 10.9. The van der Waals surface area contributed by atoms with Crippen LogP contribution in [-0.4, -0.2) is 5.97 Å². The maximum atomic E-state index is 10.9. The van der Waals surface area contributed by atoms with Gasteiger partial charge in [-0.1, -0.05) is 17.7 Å². The summed E-state index contributed by atoms with van der Waals surface area (Å²) in [5.41, 5.74) is 2.20. The van der Waals surface area contributed by atoms with Gasteiger partial charge in [-0.25, -0.2) is 4.79 Å². The Morgan fingerprint density at radius 1 is 1.23 bits per heavy atom. The predicted molar refractivity (Wildman–Crippen MR) is 46.2 cm³/mol. The molecule has 0 saturated carbocycles. The van der Waals surface area contributed by atoms with Gasteiger partial charge in [-0.2, -0.15) is 0 Å². The van der Waals surface area contributed by atoms with Crippen molar-refractivity contribution in [1.29, 1.82) is 0 Å². The number of carbonyl (C=O) groups is 1. The highest BCUT2D eigenvalue weighted by Crippen LogP contribution is 2.24. The Labute approximate surface area is 76.2 Å². The first-order chi connectivity index (χ1) is 6.25. The lowest BCUT2D eigenvalue weighted by Gasteiger charge is -2.03. The van der Waals surface area contributed by atoms with Gasteiger partial charge in [-0.3, -0.25) is 9.78 Å². The lowest BCUT2D eigenvalue weighted by Crippen LogP contribution is -2.04. The van der Waals surface area contributed by atoms with E-state index in [1.165, 1.54) is 0 Å². The van der Waals surface area contributed by atoms with Crippen molar-refractivity contribution in [2.24, 2.45) is 0 Å². The molecule has 1 aromatic rings. The topological polar surface area (TPSA) is 35.5 Å². The zero-order valence-electron chi connectivity index (χ0n) is 7.37. The summed E-state index contributed by atoms with van der Waals surface area (Å²) in [7, 11) is 0. The van der Waals surface area contributed by atoms with E-state index in [-0.39, 0.29) is 5.97 Å². The monoisotopic (exact) mass is 178 g/mol. The molecule has 0 fully saturated rings. The van der Waals surface area contributed by atoms with E-state index in [0.717, 1.165) is 11.1 Å². The Balaban J connectivity index is 2.35. The third-order valence-electron chi connectivity index (χ3n) is 2.04. The number of rotatable bonds is 0. The number of carbonyl (C=O) groups excluding carboxylic acids is 1. The van der Waals surface area contributed by atoms with E-state index in [0.29, 0.717) is 18.6 Å². The van der Waals surface area contributed by atoms with Gasteiger partial charge in [0.05, 0.1) is 6.42 Å². The smallest absolute Gasteiger partial charge is 0.287 e. The van der Waals surface area contributed by atoms with Crippen molar-refractivity contribution in [1.82, 2.24) is 0 Å². The van der Waals surface area contributed by atoms with Crippen molar-refractivity contribution in [2.75, 3.05) is 0 Å². The van der Waals surface area contributed by atoms with Crippen LogP contribution in [0.25, 0.3) is 0 Å². The van der Waals surface area contributed by atoms with E-state index < -0.39 is 0 Å². The van der Waals surface area contributed by atoms with Crippen LogP contribution >= 0.6 is 0 Å². The summed E-state index contributed by atoms with van der Waals surface area (Å²) in [6.45, 7) is 2.01. The van der Waals surface area contributed by atoms with Gasteiger partial charge >= 0.3 is 5.97 Å². The molecule has 0 bridgehead atoms. The fourth-order valence-electron chi connectivity index (χ4n) is 1.35. The number of hydrogen-bond donors (Lipinski definition) is 0. The van der Waals surface area contributed by atoms with Crippen molar-refractivity contribution < 1.29 is 14.6 Å². The zero-order valence-corrected chi connectivity index (χ0v) is 7.37. The van der Waals surface area contributed by atoms with Gasteiger partial charge in [0.2, 0.25) is 0 Å². The minimum absolute atomic E-state index is 0.311. The first-order valence-corrected chi connectivity index (χ1v) is 4.22. The molecule has 1 aliphatic heterocycles. The molecule has 13 heavy (non-hydrogen) atoms. The fraction of sp³-hybridized carbons (Fsp3) is 0.300. The minimum atomic E-state index is -0.311. The van der Waals surface area contributed by atoms with Crippen LogP contribution in [0.5, 0.6) is 5.75 Å². The Bertz CT molecular complexity index is 344. The van der Waals surface area contributed by atoms with Crippen molar-refractivity contribution in [3.05, 3.63) is 29.3 Å². The molecule has 3 nitrogen and oxygen atoms in total. The van der Waals surface area contributed by atoms with Crippen molar-refractivity contribution >= 4 is 5.97 Å². The van der Waals surface area contributed by atoms with E-state index in [1.54, 1.807) is 0 Å². The highest BCUT2D eigenvalue weighted by atomic mass is 17.2. The minimum Gasteiger partial charge on any atom is -0.287 e. The molecule has 0 spiro atoms. The molecule has 0 N–H and O–H groups in total. The Morgan fingerprint density at radius 2 is 2.08 bits per heavy atom. The number of fused-ring (bicyclic) bond motifs is 1. The SMILES string of the molecule is Cc1ccc2c(c1)CCC(=O)OO2. The maximum Gasteiger partial charge on any atom is 0.355 e. The summed E-state index contributed by atoms with van der Waals surface area (Å²) in [6.07, 6.45) is 1.08. The van der Waals surface area contributed by atoms with E-state index in [1.807, 2.05) is 25.1 Å². The van der Waals surface area contributed by atoms with Gasteiger partial charge in [0.1, 0.15) is 0 Å². The molecule has 0 amide bonds. The molecule has 3 heteroatoms. The van der Waals surface area contributed by atoms with Gasteiger partial charge in [-0.15, -0.1) is 0 Å². The summed E-state index contributed by atoms with van der Waals surface area (Å²) in [6, 6.07) is 5.76. The number of aryl methyl sites for hydroxylation is 2. The Hall–Kier alpha value is -1.51. The first kappa shape index (κ1) is 8.10. The normalized spacial score (nSPS) is 15.3. The fourth-order valence-corrected chi connectivity index (χ4v) is 1.35. The Kier molecular flexibility index (Phi) is 1.93. The van der Waals surface area contributed by atoms with E-state index in [9.17, 15) is 4.79 Å². The molecule has 0 saturated heterocycles. The van der Waals surface area contributed by atoms with E-state index >= 15 is 0 Å². The molecule has 0 radical (unpaired) electrons. The lowest BCUT2D eigenvalue weighted by molar-refractivity contribution is -0.211. The number of hydrogen-bond acceptors (Lipinski definition) is 3. The standard InChI is InChI=1S/C10H10O3/c1-7-2-4-9-8(6-7)3-5-10(11)13-12-9/h2,4,6H,3,5H2,1H3. The molecular formula is C10H10O3. The summed E-state index contributed by atoms with van der Waals surface area (Å²) >= 11 is 0. The molecule has 0 atom stereocenters. The summed E-state index contributed by atoms with van der Waals surface area (Å²) in [4.78, 5) is 20.3. The molecule has 1 aromatic carbocycles. The predicted octanol–water partition coefficient (Wildman–Crippen LogP) is 1.78. The molecule has 2 rings (SSSR count). The highest BCUT2D eigenvalue weighted by molar-refractivity contribution is 5.70. The quantitative estimate of drug-likeness (QED) is 0.568. The average molecular weight is 178 g/mol. The van der Waals surface area contributed by atoms with E-state index in [4.69, 9.17) is 4.89 Å². The first-order valence-electron chi connectivity index (χ1n) is 4.22. The largest absolute Gasteiger partial charge is 0.355 e. The summed E-state index contributed by atoms with van der Waals surface area (Å²) in [5, 5.41) is 0. The zero-order chi connectivity index (χ0) is 9.26. The second-order valence-corrected chi connectivity index (χ2v) is 3.15. The molecule has 0 unspecified atom stereocenters. The van der Waals surface area contributed by atoms with Crippen molar-refractivity contribution in [2.45, 2.75) is 19.8 Å². The average Bonchev–Trinajstić information content (AvgIpc) is 2.29. The van der Waals surface area contributed by atoms with Gasteiger partial charge in [0, 0.05) is 5.56 Å². The second-order valence-electron chi connectivity index (χ2n) is 3.15. The van der Waals surface area contributed by atoms with Crippen molar-refractivity contribution in [3.63, 3.8) is 0 Å². The van der Waals surface area contributed by atoms with Crippen LogP contribution in [0.2, 0.25) is 0 Å². The van der Waals surface area contributed by atoms with Crippen LogP contribution in [0.15, 0.2) is 18.2 Å². The van der Waals surface area contributed by atoms with Gasteiger partial charge in [0.15, 0.2) is 5.75 Å². The molecule has 1 aliphatic rings. The highest BCUT2D eigenvalue weighted by Gasteiger charge is 2.15. The molecule has 68 valence electrons. The van der Waals surface area contributed by atoms with Crippen LogP contribution in [0, 0.1) is 6.92 Å². The molecular weight excluding hydrogens is 168 g/mol. The van der Waals surface area contributed by atoms with Crippen LogP contribution in [0.1, 0.15) is 17.5 Å². The molecule has 1 heterocycles. The van der Waals surface area contributed by atoms with Gasteiger partial charge in [0.25, 0.3) is 0 Å². The van der Waals surface area contributed by atoms with Crippen LogP contribution in [0.3, 0.4) is 0 Å². The van der Waals surface area contributed by atoms with Crippen LogP contribution in [0.4, 0.5) is 0 Å². The molecule has 0 aromatic heterocycles. The molecule has 0 aliphatic carbocycles. The van der Waals surface area contributed by atoms with Crippen LogP contribution < -0.4 is 4.89 Å². The van der Waals surface area contributed by atoms with Gasteiger partial charge < -0.3 is 0 Å². The third-order valence-corrected chi connectivity index (χ3v) is 2.04. The second kappa shape index (κ2) is 3.09. The van der Waals surface area contributed by atoms with Gasteiger partial charge in [-0.05, 0) is 19.4 Å².